The molecule has 9 heteroatoms. The third kappa shape index (κ3) is 3.80. The average molecular weight is 447 g/mol. The first-order valence-electron chi connectivity index (χ1n) is 10.0. The van der Waals surface area contributed by atoms with Crippen molar-refractivity contribution in [1.29, 1.82) is 0 Å². The highest BCUT2D eigenvalue weighted by Gasteiger charge is 2.20. The van der Waals surface area contributed by atoms with Crippen LogP contribution in [0.1, 0.15) is 22.7 Å². The molecule has 0 atom stereocenters. The summed E-state index contributed by atoms with van der Waals surface area (Å²) in [5, 5.41) is 13.2. The zero-order valence-electron chi connectivity index (χ0n) is 17.7. The number of hydrogen-bond acceptors (Lipinski definition) is 7. The Morgan fingerprint density at radius 2 is 1.75 bits per heavy atom. The van der Waals surface area contributed by atoms with Gasteiger partial charge in [-0.25, -0.2) is 9.67 Å². The molecule has 3 heterocycles. The fraction of sp³-hybridized carbons (Fsp3) is 0.174. The van der Waals surface area contributed by atoms with E-state index in [4.69, 9.17) is 20.5 Å². The van der Waals surface area contributed by atoms with Gasteiger partial charge in [-0.15, -0.1) is 5.10 Å². The number of benzene rings is 2. The second-order valence-corrected chi connectivity index (χ2v) is 7.94. The number of aryl methyl sites for hydroxylation is 2. The van der Waals surface area contributed by atoms with Crippen molar-refractivity contribution in [2.24, 2.45) is 0 Å². The summed E-state index contributed by atoms with van der Waals surface area (Å²) in [6.45, 7) is 6.19. The molecule has 5 rings (SSSR count). The van der Waals surface area contributed by atoms with Gasteiger partial charge in [-0.1, -0.05) is 51.8 Å². The van der Waals surface area contributed by atoms with E-state index in [1.165, 1.54) is 0 Å². The van der Waals surface area contributed by atoms with Crippen molar-refractivity contribution in [3.63, 3.8) is 0 Å². The molecule has 0 fully saturated rings. The van der Waals surface area contributed by atoms with Crippen molar-refractivity contribution in [2.75, 3.05) is 0 Å². The van der Waals surface area contributed by atoms with Gasteiger partial charge < -0.3 is 8.94 Å². The summed E-state index contributed by atoms with van der Waals surface area (Å²) in [5.41, 5.74) is 4.90. The molecule has 0 unspecified atom stereocenters. The van der Waals surface area contributed by atoms with Crippen molar-refractivity contribution in [3.05, 3.63) is 76.3 Å². The van der Waals surface area contributed by atoms with Gasteiger partial charge in [0.05, 0.1) is 12.2 Å². The van der Waals surface area contributed by atoms with Crippen LogP contribution in [0.15, 0.2) is 57.5 Å². The first-order chi connectivity index (χ1) is 15.5. The predicted octanol–water partition coefficient (Wildman–Crippen LogP) is 5.28. The smallest absolute Gasteiger partial charge is 0.280 e. The van der Waals surface area contributed by atoms with Crippen LogP contribution in [-0.2, 0) is 6.54 Å². The highest BCUT2D eigenvalue weighted by Crippen LogP contribution is 2.26. The third-order valence-electron chi connectivity index (χ3n) is 5.15. The summed E-state index contributed by atoms with van der Waals surface area (Å²) in [7, 11) is 0. The molecule has 5 aromatic rings. The van der Waals surface area contributed by atoms with Crippen LogP contribution in [0, 0.1) is 20.8 Å². The first-order valence-corrected chi connectivity index (χ1v) is 10.4. The Hall–Kier alpha value is -3.78. The zero-order chi connectivity index (χ0) is 22.2. The van der Waals surface area contributed by atoms with Crippen molar-refractivity contribution in [2.45, 2.75) is 27.3 Å². The predicted molar refractivity (Wildman–Crippen MR) is 119 cm³/mol. The normalized spacial score (nSPS) is 11.2. The summed E-state index contributed by atoms with van der Waals surface area (Å²) >= 11 is 6.09. The Balaban J connectivity index is 1.41. The Morgan fingerprint density at radius 3 is 2.56 bits per heavy atom. The maximum Gasteiger partial charge on any atom is 0.280 e. The number of nitrogens with zero attached hydrogens (tertiary/aromatic N) is 6. The van der Waals surface area contributed by atoms with Crippen LogP contribution in [0.3, 0.4) is 0 Å². The minimum atomic E-state index is 0.321. The number of oxazole rings is 1. The molecule has 32 heavy (non-hydrogen) atoms. The van der Waals surface area contributed by atoms with Gasteiger partial charge in [0.1, 0.15) is 11.5 Å². The monoisotopic (exact) mass is 446 g/mol. The molecule has 0 amide bonds. The lowest BCUT2D eigenvalue weighted by atomic mass is 10.1. The molecule has 0 aliphatic carbocycles. The minimum Gasteiger partial charge on any atom is -0.441 e. The Labute approximate surface area is 188 Å². The third-order valence-corrected chi connectivity index (χ3v) is 5.39. The van der Waals surface area contributed by atoms with E-state index in [0.717, 1.165) is 28.1 Å². The second-order valence-electron chi connectivity index (χ2n) is 7.51. The Bertz CT molecular complexity index is 1420. The molecule has 0 aliphatic heterocycles. The van der Waals surface area contributed by atoms with E-state index in [1.54, 1.807) is 4.68 Å². The van der Waals surface area contributed by atoms with Crippen molar-refractivity contribution < 1.29 is 8.94 Å². The van der Waals surface area contributed by atoms with Gasteiger partial charge in [0.25, 0.3) is 5.89 Å². The van der Waals surface area contributed by atoms with E-state index in [-0.39, 0.29) is 0 Å². The quantitative estimate of drug-likeness (QED) is 0.362. The topological polar surface area (TPSA) is 95.7 Å². The van der Waals surface area contributed by atoms with Crippen molar-refractivity contribution in [1.82, 2.24) is 30.1 Å². The van der Waals surface area contributed by atoms with Gasteiger partial charge in [0.2, 0.25) is 11.7 Å². The molecule has 0 saturated carbocycles. The molecule has 2 aromatic carbocycles. The summed E-state index contributed by atoms with van der Waals surface area (Å²) in [4.78, 5) is 9.13. The molecule has 3 aromatic heterocycles. The van der Waals surface area contributed by atoms with Crippen LogP contribution >= 0.6 is 11.6 Å². The fourth-order valence-electron chi connectivity index (χ4n) is 3.39. The molecular formula is C23H19ClN6O2. The molecular weight excluding hydrogens is 428 g/mol. The van der Waals surface area contributed by atoms with E-state index in [2.05, 4.69) is 25.4 Å². The lowest BCUT2D eigenvalue weighted by Gasteiger charge is -2.00. The van der Waals surface area contributed by atoms with Gasteiger partial charge >= 0.3 is 0 Å². The molecule has 0 saturated heterocycles. The SMILES string of the molecule is Cc1cccc(-c2noc(-c3nnn(Cc4nc(-c5cccc(Cl)c5)oc4C)c3C)n2)c1. The van der Waals surface area contributed by atoms with E-state index in [0.29, 0.717) is 40.6 Å². The van der Waals surface area contributed by atoms with Gasteiger partial charge in [0.15, 0.2) is 5.69 Å². The van der Waals surface area contributed by atoms with Gasteiger partial charge in [-0.05, 0) is 45.0 Å². The number of halogens is 1. The highest BCUT2D eigenvalue weighted by molar-refractivity contribution is 6.30. The standard InChI is InChI=1S/C23H19ClN6O2/c1-13-6-4-7-16(10-13)21-26-23(32-28-21)20-14(2)30(29-27-20)12-19-15(3)31-22(25-19)17-8-5-9-18(24)11-17/h4-11H,12H2,1-3H3. The number of hydrogen-bond donors (Lipinski definition) is 0. The van der Waals surface area contributed by atoms with Crippen LogP contribution in [0.5, 0.6) is 0 Å². The summed E-state index contributed by atoms with van der Waals surface area (Å²) < 4.78 is 13.0. The maximum atomic E-state index is 6.09. The minimum absolute atomic E-state index is 0.321. The van der Waals surface area contributed by atoms with Gasteiger partial charge in [-0.2, -0.15) is 4.98 Å². The lowest BCUT2D eigenvalue weighted by molar-refractivity contribution is 0.430. The number of aromatic nitrogens is 6. The molecule has 0 N–H and O–H groups in total. The Kier molecular flexibility index (Phi) is 5.07. The van der Waals surface area contributed by atoms with Crippen LogP contribution in [0.4, 0.5) is 0 Å². The molecule has 0 radical (unpaired) electrons. The highest BCUT2D eigenvalue weighted by atomic mass is 35.5. The van der Waals surface area contributed by atoms with Crippen LogP contribution in [0.2, 0.25) is 5.02 Å². The largest absolute Gasteiger partial charge is 0.441 e. The van der Waals surface area contributed by atoms with E-state index in [1.807, 2.05) is 69.3 Å². The van der Waals surface area contributed by atoms with Crippen LogP contribution in [0.25, 0.3) is 34.4 Å². The van der Waals surface area contributed by atoms with Crippen molar-refractivity contribution in [3.8, 4) is 34.4 Å². The maximum absolute atomic E-state index is 6.09. The Morgan fingerprint density at radius 1 is 0.938 bits per heavy atom. The van der Waals surface area contributed by atoms with E-state index < -0.39 is 0 Å². The van der Waals surface area contributed by atoms with E-state index in [9.17, 15) is 0 Å². The average Bonchev–Trinajstić information content (AvgIpc) is 3.48. The lowest BCUT2D eigenvalue weighted by Crippen LogP contribution is -2.05. The van der Waals surface area contributed by atoms with Gasteiger partial charge in [-0.3, -0.25) is 0 Å². The van der Waals surface area contributed by atoms with Crippen LogP contribution < -0.4 is 0 Å². The summed E-state index contributed by atoms with van der Waals surface area (Å²) in [6, 6.07) is 15.3. The number of rotatable bonds is 5. The van der Waals surface area contributed by atoms with E-state index >= 15 is 0 Å². The molecule has 8 nitrogen and oxygen atoms in total. The van der Waals surface area contributed by atoms with Crippen molar-refractivity contribution >= 4 is 11.6 Å². The molecule has 0 aliphatic rings. The van der Waals surface area contributed by atoms with Gasteiger partial charge in [0, 0.05) is 16.1 Å². The van der Waals surface area contributed by atoms with Crippen LogP contribution in [-0.4, -0.2) is 30.1 Å². The fourth-order valence-corrected chi connectivity index (χ4v) is 3.58. The molecule has 0 bridgehead atoms. The summed E-state index contributed by atoms with van der Waals surface area (Å²) in [5.74, 6) is 2.05. The summed E-state index contributed by atoms with van der Waals surface area (Å²) in [6.07, 6.45) is 0. The second kappa shape index (κ2) is 8.05. The zero-order valence-corrected chi connectivity index (χ0v) is 18.5. The molecule has 160 valence electrons. The first kappa shape index (κ1) is 20.1. The molecule has 0 spiro atoms.